The number of nitrogens with one attached hydrogen (secondary N) is 2. The Balaban J connectivity index is 1.77. The fourth-order valence-corrected chi connectivity index (χ4v) is 3.24. The van der Waals surface area contributed by atoms with Gasteiger partial charge >= 0.3 is 0 Å². The van der Waals surface area contributed by atoms with E-state index >= 15 is 0 Å². The van der Waals surface area contributed by atoms with Gasteiger partial charge < -0.3 is 16.0 Å². The van der Waals surface area contributed by atoms with Gasteiger partial charge in [-0.15, -0.1) is 0 Å². The molecule has 1 aromatic heterocycles. The lowest BCUT2D eigenvalue weighted by atomic mass is 10.2. The van der Waals surface area contributed by atoms with Crippen molar-refractivity contribution in [3.8, 4) is 0 Å². The van der Waals surface area contributed by atoms with Crippen molar-refractivity contribution >= 4 is 29.2 Å². The average molecular weight is 348 g/mol. The first-order chi connectivity index (χ1) is 11.6. The maximum absolute atomic E-state index is 6.17. The zero-order valence-electron chi connectivity index (χ0n) is 14.0. The first kappa shape index (κ1) is 16.9. The Morgan fingerprint density at radius 3 is 2.62 bits per heavy atom. The number of benzene rings is 1. The third-order valence-electron chi connectivity index (χ3n) is 4.43. The molecule has 0 atom stereocenters. The van der Waals surface area contributed by atoms with Crippen LogP contribution in [0.15, 0.2) is 18.2 Å². The monoisotopic (exact) mass is 347 g/mol. The van der Waals surface area contributed by atoms with Crippen molar-refractivity contribution in [2.45, 2.75) is 39.2 Å². The largest absolute Gasteiger partial charge is 0.368 e. The summed E-state index contributed by atoms with van der Waals surface area (Å²) in [5, 5.41) is 3.91. The summed E-state index contributed by atoms with van der Waals surface area (Å²) in [5.74, 6) is 1.45. The number of aromatic nitrogens is 3. The van der Waals surface area contributed by atoms with Crippen LogP contribution in [0.4, 0.5) is 17.6 Å². The first-order valence-electron chi connectivity index (χ1n) is 8.48. The van der Waals surface area contributed by atoms with Crippen molar-refractivity contribution in [3.63, 3.8) is 0 Å². The van der Waals surface area contributed by atoms with E-state index in [1.807, 2.05) is 25.1 Å². The van der Waals surface area contributed by atoms with Crippen molar-refractivity contribution in [2.24, 2.45) is 0 Å². The molecule has 7 heteroatoms. The van der Waals surface area contributed by atoms with Crippen LogP contribution in [-0.2, 0) is 6.54 Å². The molecule has 0 amide bonds. The predicted molar refractivity (Wildman–Crippen MR) is 96.6 cm³/mol. The van der Waals surface area contributed by atoms with Gasteiger partial charge in [0.25, 0.3) is 0 Å². The summed E-state index contributed by atoms with van der Waals surface area (Å²) in [7, 11) is 0. The Kier molecular flexibility index (Phi) is 5.48. The Morgan fingerprint density at radius 2 is 1.88 bits per heavy atom. The quantitative estimate of drug-likeness (QED) is 0.789. The van der Waals surface area contributed by atoms with Gasteiger partial charge in [0, 0.05) is 10.7 Å². The number of nitrogens with two attached hydrogens (primary N) is 1. The second-order valence-electron chi connectivity index (χ2n) is 6.31. The number of quaternary nitrogens is 1. The normalized spacial score (nSPS) is 15.9. The molecule has 0 bridgehead atoms. The minimum absolute atomic E-state index is 0.247. The summed E-state index contributed by atoms with van der Waals surface area (Å²) < 4.78 is 0. The van der Waals surface area contributed by atoms with Crippen molar-refractivity contribution < 1.29 is 4.90 Å². The molecule has 2 heterocycles. The summed E-state index contributed by atoms with van der Waals surface area (Å²) in [5.41, 5.74) is 7.71. The Bertz CT molecular complexity index is 697. The van der Waals surface area contributed by atoms with E-state index in [9.17, 15) is 0 Å². The molecule has 1 fully saturated rings. The van der Waals surface area contributed by atoms with E-state index in [1.165, 1.54) is 43.7 Å². The highest BCUT2D eigenvalue weighted by atomic mass is 35.5. The standard InChI is InChI=1S/C17H23ClN6/c1-12-13(18)7-6-8-14(12)20-17-22-15(21-16(19)23-17)11-24-9-4-2-3-5-10-24/h6-8H,2-5,9-11H2,1H3,(H3,19,20,21,22,23)/p+1. The maximum atomic E-state index is 6.17. The molecule has 0 aliphatic carbocycles. The fraction of sp³-hybridized carbons (Fsp3) is 0.471. The molecule has 1 aliphatic rings. The highest BCUT2D eigenvalue weighted by Crippen LogP contribution is 2.24. The number of nitrogens with zero attached hydrogens (tertiary/aromatic N) is 3. The van der Waals surface area contributed by atoms with Gasteiger partial charge in [-0.2, -0.15) is 15.0 Å². The summed E-state index contributed by atoms with van der Waals surface area (Å²) >= 11 is 6.17. The van der Waals surface area contributed by atoms with Crippen LogP contribution in [0.1, 0.15) is 37.1 Å². The molecule has 1 aliphatic heterocycles. The van der Waals surface area contributed by atoms with Gasteiger partial charge in [-0.05, 0) is 50.3 Å². The number of hydrogen-bond acceptors (Lipinski definition) is 5. The molecule has 1 aromatic carbocycles. The molecule has 6 nitrogen and oxygen atoms in total. The van der Waals surface area contributed by atoms with E-state index in [0.717, 1.165) is 23.6 Å². The van der Waals surface area contributed by atoms with Crippen LogP contribution in [0.3, 0.4) is 0 Å². The second-order valence-corrected chi connectivity index (χ2v) is 6.72. The van der Waals surface area contributed by atoms with E-state index in [2.05, 4.69) is 20.3 Å². The van der Waals surface area contributed by atoms with Crippen LogP contribution in [0.2, 0.25) is 5.02 Å². The molecular formula is C17H24ClN6+. The molecule has 4 N–H and O–H groups in total. The van der Waals surface area contributed by atoms with Crippen molar-refractivity contribution in [3.05, 3.63) is 34.6 Å². The summed E-state index contributed by atoms with van der Waals surface area (Å²) in [4.78, 5) is 14.6. The smallest absolute Gasteiger partial charge is 0.232 e. The van der Waals surface area contributed by atoms with E-state index in [4.69, 9.17) is 17.3 Å². The molecule has 0 saturated carbocycles. The van der Waals surface area contributed by atoms with Crippen molar-refractivity contribution in [2.75, 3.05) is 24.1 Å². The topological polar surface area (TPSA) is 81.2 Å². The van der Waals surface area contributed by atoms with Gasteiger partial charge in [-0.25, -0.2) is 0 Å². The van der Waals surface area contributed by atoms with E-state index in [-0.39, 0.29) is 5.95 Å². The number of halogens is 1. The lowest BCUT2D eigenvalue weighted by Crippen LogP contribution is -3.10. The summed E-state index contributed by atoms with van der Waals surface area (Å²) in [6.45, 7) is 5.08. The minimum atomic E-state index is 0.247. The number of anilines is 3. The van der Waals surface area contributed by atoms with Crippen LogP contribution in [-0.4, -0.2) is 28.0 Å². The number of hydrogen-bond donors (Lipinski definition) is 3. The molecule has 2 aromatic rings. The average Bonchev–Trinajstić information content (AvgIpc) is 2.80. The molecule has 0 unspecified atom stereocenters. The predicted octanol–water partition coefficient (Wildman–Crippen LogP) is 2.12. The number of likely N-dealkylation sites (tertiary alicyclic amines) is 1. The lowest BCUT2D eigenvalue weighted by molar-refractivity contribution is -0.913. The highest BCUT2D eigenvalue weighted by molar-refractivity contribution is 6.31. The molecule has 0 spiro atoms. The fourth-order valence-electron chi connectivity index (χ4n) is 3.07. The first-order valence-corrected chi connectivity index (χ1v) is 8.86. The Morgan fingerprint density at radius 1 is 1.12 bits per heavy atom. The summed E-state index contributed by atoms with van der Waals surface area (Å²) in [6, 6.07) is 5.70. The maximum Gasteiger partial charge on any atom is 0.232 e. The van der Waals surface area contributed by atoms with E-state index in [0.29, 0.717) is 11.0 Å². The van der Waals surface area contributed by atoms with E-state index in [1.54, 1.807) is 0 Å². The number of nitrogen functional groups attached to an aromatic ring is 1. The molecule has 3 rings (SSSR count). The minimum Gasteiger partial charge on any atom is -0.368 e. The van der Waals surface area contributed by atoms with Gasteiger partial charge in [0.05, 0.1) is 13.1 Å². The van der Waals surface area contributed by atoms with Gasteiger partial charge in [0.1, 0.15) is 6.54 Å². The van der Waals surface area contributed by atoms with Gasteiger partial charge in [-0.3, -0.25) is 0 Å². The third kappa shape index (κ3) is 4.33. The molecule has 1 saturated heterocycles. The second kappa shape index (κ2) is 7.77. The highest BCUT2D eigenvalue weighted by Gasteiger charge is 2.16. The number of rotatable bonds is 4. The third-order valence-corrected chi connectivity index (χ3v) is 4.84. The lowest BCUT2D eigenvalue weighted by Gasteiger charge is -2.16. The molecule has 24 heavy (non-hydrogen) atoms. The van der Waals surface area contributed by atoms with Crippen LogP contribution in [0.5, 0.6) is 0 Å². The molecular weight excluding hydrogens is 324 g/mol. The van der Waals surface area contributed by atoms with Crippen LogP contribution in [0, 0.1) is 6.92 Å². The SMILES string of the molecule is Cc1c(Cl)cccc1Nc1nc(N)nc(C[NH+]2CCCCCC2)n1. The zero-order valence-corrected chi connectivity index (χ0v) is 14.7. The van der Waals surface area contributed by atoms with E-state index < -0.39 is 0 Å². The van der Waals surface area contributed by atoms with Crippen molar-refractivity contribution in [1.29, 1.82) is 0 Å². The Hall–Kier alpha value is -1.92. The van der Waals surface area contributed by atoms with Crippen LogP contribution in [0.25, 0.3) is 0 Å². The summed E-state index contributed by atoms with van der Waals surface area (Å²) in [6.07, 6.45) is 5.18. The molecule has 0 radical (unpaired) electrons. The molecule has 128 valence electrons. The van der Waals surface area contributed by atoms with Gasteiger partial charge in [-0.1, -0.05) is 17.7 Å². The van der Waals surface area contributed by atoms with Crippen molar-refractivity contribution in [1.82, 2.24) is 15.0 Å². The Labute approximate surface area is 147 Å². The van der Waals surface area contributed by atoms with Crippen LogP contribution < -0.4 is 16.0 Å². The zero-order chi connectivity index (χ0) is 16.9. The van der Waals surface area contributed by atoms with Gasteiger partial charge in [0.2, 0.25) is 11.9 Å². The van der Waals surface area contributed by atoms with Gasteiger partial charge in [0.15, 0.2) is 5.82 Å². The van der Waals surface area contributed by atoms with Crippen LogP contribution >= 0.6 is 11.6 Å².